The van der Waals surface area contributed by atoms with Crippen molar-refractivity contribution in [2.45, 2.75) is 77.0 Å². The predicted octanol–water partition coefficient (Wildman–Crippen LogP) is 21.5. The average Bonchev–Trinajstić information content (AvgIpc) is 0.839. The van der Waals surface area contributed by atoms with Crippen LogP contribution in [0.3, 0.4) is 0 Å². The maximum absolute atomic E-state index is 2.61. The lowest BCUT2D eigenvalue weighted by molar-refractivity contribution is 0.641. The molecule has 0 bridgehead atoms. The van der Waals surface area contributed by atoms with Crippen LogP contribution in [0.5, 0.6) is 0 Å². The highest BCUT2D eigenvalue weighted by Crippen LogP contribution is 2.49. The zero-order valence-corrected chi connectivity index (χ0v) is 54.9. The molecule has 0 spiro atoms. The van der Waals surface area contributed by atoms with Gasteiger partial charge in [-0.2, -0.15) is 0 Å². The maximum Gasteiger partial charge on any atom is 0.252 e. The van der Waals surface area contributed by atoms with Gasteiger partial charge >= 0.3 is 0 Å². The molecule has 0 atom stereocenters. The summed E-state index contributed by atoms with van der Waals surface area (Å²) in [6.07, 6.45) is 0. The van der Waals surface area contributed by atoms with Crippen LogP contribution in [0.4, 0.5) is 34.1 Å². The molecule has 2 aliphatic rings. The molecule has 0 saturated heterocycles. The first-order valence-electron chi connectivity index (χ1n) is 33.3. The number of hydrogen-bond donors (Lipinski definition) is 0. The predicted molar refractivity (Wildman–Crippen MR) is 400 cm³/mol. The van der Waals surface area contributed by atoms with Crippen LogP contribution in [0.15, 0.2) is 315 Å². The van der Waals surface area contributed by atoms with Gasteiger partial charge in [0.25, 0.3) is 6.71 Å². The van der Waals surface area contributed by atoms with Gasteiger partial charge in [0.2, 0.25) is 0 Å². The second-order valence-corrected chi connectivity index (χ2v) is 28.1. The maximum atomic E-state index is 2.61. The number of benzene rings is 13. The van der Waals surface area contributed by atoms with Gasteiger partial charge in [-0.1, -0.05) is 298 Å². The molecule has 0 fully saturated rings. The van der Waals surface area contributed by atoms with Gasteiger partial charge in [-0.3, -0.25) is 0 Å². The molecular weight excluding hydrogens is 1130 g/mol. The van der Waals surface area contributed by atoms with E-state index in [1.807, 2.05) is 0 Å². The smallest absolute Gasteiger partial charge is 0.252 e. The van der Waals surface area contributed by atoms with Crippen LogP contribution >= 0.6 is 0 Å². The fourth-order valence-electron chi connectivity index (χ4n) is 15.5. The molecule has 3 heterocycles. The average molecular weight is 1210 g/mol. The summed E-state index contributed by atoms with van der Waals surface area (Å²) in [6, 6.07) is 119. The van der Waals surface area contributed by atoms with Crippen LogP contribution in [-0.2, 0) is 21.7 Å². The van der Waals surface area contributed by atoms with Crippen molar-refractivity contribution >= 4 is 79.0 Å². The number of nitrogens with zero attached hydrogens (tertiary/aromatic N) is 3. The van der Waals surface area contributed by atoms with Crippen LogP contribution in [0, 0.1) is 0 Å². The van der Waals surface area contributed by atoms with Gasteiger partial charge in [-0.25, -0.2) is 0 Å². The van der Waals surface area contributed by atoms with E-state index in [0.29, 0.717) is 0 Å². The Morgan fingerprint density at radius 2 is 0.532 bits per heavy atom. The molecule has 0 amide bonds. The Labute approximate surface area is 555 Å². The molecule has 3 nitrogen and oxygen atoms in total. The fraction of sp³-hybridized carbons (Fsp3) is 0.133. The monoisotopic (exact) mass is 1210 g/mol. The van der Waals surface area contributed by atoms with E-state index < -0.39 is 0 Å². The van der Waals surface area contributed by atoms with Gasteiger partial charge in [0.05, 0.1) is 16.7 Å². The highest BCUT2D eigenvalue weighted by Gasteiger charge is 2.46. The molecule has 0 radical (unpaired) electrons. The summed E-state index contributed by atoms with van der Waals surface area (Å²) in [7, 11) is 0. The Bertz CT molecular complexity index is 4830. The quantitative estimate of drug-likeness (QED) is 0.107. The summed E-state index contributed by atoms with van der Waals surface area (Å²) in [5, 5.41) is 2.41. The summed E-state index contributed by atoms with van der Waals surface area (Å²) >= 11 is 0. The molecule has 0 saturated carbocycles. The first-order valence-corrected chi connectivity index (χ1v) is 33.3. The third-order valence-electron chi connectivity index (χ3n) is 21.4. The molecule has 94 heavy (non-hydrogen) atoms. The SMILES string of the molecule is CC(C)(c1ccccc1)c1ccc(N2c3ccc(C(C)(C)c4ccccc4)cc3B3c4cc(C(C)(C)c5ccccc5)ccc4N(c4ccc(C(C)(C)c5ccccc5)cc4)c4cc(-n5c6ccc(-c7ccccc7)cc6c6cc(-c7ccccc7)ccc65)cc2c43)cc1. The molecule has 1 aromatic heterocycles. The molecule has 13 aromatic carbocycles. The van der Waals surface area contributed by atoms with E-state index in [0.717, 1.165) is 39.5 Å². The Kier molecular flexibility index (Phi) is 14.0. The summed E-state index contributed by atoms with van der Waals surface area (Å²) in [5.74, 6) is 0. The van der Waals surface area contributed by atoms with Crippen LogP contribution in [0.2, 0.25) is 0 Å². The lowest BCUT2D eigenvalue weighted by Crippen LogP contribution is -2.61. The van der Waals surface area contributed by atoms with E-state index in [-0.39, 0.29) is 28.4 Å². The minimum absolute atomic E-state index is 0.165. The van der Waals surface area contributed by atoms with Crippen molar-refractivity contribution in [3.63, 3.8) is 0 Å². The first-order chi connectivity index (χ1) is 45.6. The van der Waals surface area contributed by atoms with Crippen molar-refractivity contribution in [1.29, 1.82) is 0 Å². The molecule has 0 N–H and O–H groups in total. The number of aromatic nitrogens is 1. The fourth-order valence-corrected chi connectivity index (χ4v) is 15.5. The molecular formula is C90H76BN3. The van der Waals surface area contributed by atoms with Gasteiger partial charge in [-0.05, 0) is 156 Å². The zero-order valence-electron chi connectivity index (χ0n) is 54.9. The molecule has 0 unspecified atom stereocenters. The molecule has 16 rings (SSSR count). The Hall–Kier alpha value is -10.7. The highest BCUT2D eigenvalue weighted by molar-refractivity contribution is 7.00. The number of rotatable bonds is 13. The highest BCUT2D eigenvalue weighted by atomic mass is 15.2. The minimum atomic E-state index is -0.313. The van der Waals surface area contributed by atoms with Crippen LogP contribution in [0.25, 0.3) is 49.7 Å². The van der Waals surface area contributed by atoms with Crippen LogP contribution in [0.1, 0.15) is 99.9 Å². The van der Waals surface area contributed by atoms with E-state index in [2.05, 4.69) is 385 Å². The summed E-state index contributed by atoms with van der Waals surface area (Å²) < 4.78 is 2.55. The van der Waals surface area contributed by atoms with Gasteiger partial charge in [0.1, 0.15) is 0 Å². The van der Waals surface area contributed by atoms with Crippen molar-refractivity contribution in [3.8, 4) is 27.9 Å². The van der Waals surface area contributed by atoms with E-state index in [1.54, 1.807) is 0 Å². The van der Waals surface area contributed by atoms with Crippen molar-refractivity contribution in [2.75, 3.05) is 9.80 Å². The van der Waals surface area contributed by atoms with Crippen molar-refractivity contribution in [3.05, 3.63) is 360 Å². The zero-order chi connectivity index (χ0) is 64.1. The molecule has 14 aromatic rings. The molecule has 0 aliphatic carbocycles. The van der Waals surface area contributed by atoms with E-state index in [1.165, 1.54) is 105 Å². The Morgan fingerprint density at radius 1 is 0.234 bits per heavy atom. The van der Waals surface area contributed by atoms with E-state index >= 15 is 0 Å². The summed E-state index contributed by atoms with van der Waals surface area (Å²) in [5.41, 5.74) is 27.9. The topological polar surface area (TPSA) is 11.4 Å². The third kappa shape index (κ3) is 9.64. The van der Waals surface area contributed by atoms with E-state index in [9.17, 15) is 0 Å². The number of anilines is 6. The second kappa shape index (κ2) is 22.6. The normalized spacial score (nSPS) is 13.0. The lowest BCUT2D eigenvalue weighted by atomic mass is 9.33. The van der Waals surface area contributed by atoms with Crippen molar-refractivity contribution in [1.82, 2.24) is 4.57 Å². The number of fused-ring (bicyclic) bond motifs is 7. The van der Waals surface area contributed by atoms with Gasteiger partial charge in [0.15, 0.2) is 0 Å². The Morgan fingerprint density at radius 3 is 0.872 bits per heavy atom. The van der Waals surface area contributed by atoms with Gasteiger partial charge in [-0.15, -0.1) is 0 Å². The molecule has 2 aliphatic heterocycles. The number of hydrogen-bond acceptors (Lipinski definition) is 2. The van der Waals surface area contributed by atoms with Crippen molar-refractivity contribution < 1.29 is 0 Å². The second-order valence-electron chi connectivity index (χ2n) is 28.1. The van der Waals surface area contributed by atoms with Gasteiger partial charge in [0, 0.05) is 66.6 Å². The van der Waals surface area contributed by atoms with Crippen LogP contribution < -0.4 is 26.2 Å². The first kappa shape index (κ1) is 58.4. The minimum Gasteiger partial charge on any atom is -0.311 e. The van der Waals surface area contributed by atoms with Gasteiger partial charge < -0.3 is 14.4 Å². The molecule has 4 heteroatoms. The standard InChI is InChI=1S/C90H76BN3/c1-87(2,65-31-19-11-20-32-65)69-41-47-73(48-42-69)92-82-53-45-71(89(5,6)67-35-23-13-24-36-67)57-78(82)91-79-58-72(90(7,8)68-37-25-14-26-38-68)46-54-83(79)93(74-49-43-70(44-50-74)88(3,4)66-33-21-12-22-34-66)85-60-75(59-84(92)86(85)91)94-80-51-39-63(61-27-15-9-16-28-61)55-76(80)77-56-64(40-52-81(77)94)62-29-17-10-18-30-62/h9-60H,1-8H3. The van der Waals surface area contributed by atoms with E-state index in [4.69, 9.17) is 0 Å². The van der Waals surface area contributed by atoms with Crippen LogP contribution in [-0.4, -0.2) is 11.3 Å². The largest absolute Gasteiger partial charge is 0.311 e. The summed E-state index contributed by atoms with van der Waals surface area (Å²) in [4.78, 5) is 5.21. The lowest BCUT2D eigenvalue weighted by Gasteiger charge is -2.45. The summed E-state index contributed by atoms with van der Waals surface area (Å²) in [6.45, 7) is 18.8. The Balaban J connectivity index is 1.01. The van der Waals surface area contributed by atoms with Crippen molar-refractivity contribution in [2.24, 2.45) is 0 Å². The third-order valence-corrected chi connectivity index (χ3v) is 21.4. The molecule has 454 valence electrons.